The highest BCUT2D eigenvalue weighted by Gasteiger charge is 2.07. The lowest BCUT2D eigenvalue weighted by molar-refractivity contribution is 0.0996. The molecule has 0 saturated heterocycles. The van der Waals surface area contributed by atoms with Crippen molar-refractivity contribution < 1.29 is 9.53 Å². The zero-order valence-corrected chi connectivity index (χ0v) is 10.5. The summed E-state index contributed by atoms with van der Waals surface area (Å²) in [6, 6.07) is 16.8. The van der Waals surface area contributed by atoms with Crippen molar-refractivity contribution in [1.29, 1.82) is 0 Å². The Labute approximate surface area is 112 Å². The van der Waals surface area contributed by atoms with Crippen LogP contribution in [0.1, 0.15) is 10.4 Å². The van der Waals surface area contributed by atoms with Crippen LogP contribution in [0.4, 0.5) is 5.69 Å². The van der Waals surface area contributed by atoms with E-state index < -0.39 is 5.91 Å². The molecule has 2 rings (SSSR count). The summed E-state index contributed by atoms with van der Waals surface area (Å²) in [5.74, 6) is 0.0384. The molecule has 4 nitrogen and oxygen atoms in total. The maximum Gasteiger partial charge on any atom is 0.252 e. The summed E-state index contributed by atoms with van der Waals surface area (Å²) in [6.45, 7) is 1.11. The van der Waals surface area contributed by atoms with E-state index in [-0.39, 0.29) is 0 Å². The van der Waals surface area contributed by atoms with Gasteiger partial charge in [0.25, 0.3) is 5.91 Å². The Morgan fingerprint density at radius 1 is 1.05 bits per heavy atom. The van der Waals surface area contributed by atoms with Crippen LogP contribution in [0.2, 0.25) is 0 Å². The number of amides is 1. The first kappa shape index (κ1) is 13.0. The minimum Gasteiger partial charge on any atom is -0.491 e. The van der Waals surface area contributed by atoms with Gasteiger partial charge in [0.05, 0.1) is 5.56 Å². The molecule has 0 aromatic heterocycles. The van der Waals surface area contributed by atoms with E-state index >= 15 is 0 Å². The molecule has 0 unspecified atom stereocenters. The van der Waals surface area contributed by atoms with Crippen molar-refractivity contribution in [2.45, 2.75) is 0 Å². The number of ether oxygens (including phenoxy) is 1. The first-order chi connectivity index (χ1) is 9.27. The highest BCUT2D eigenvalue weighted by molar-refractivity contribution is 5.95. The van der Waals surface area contributed by atoms with E-state index in [1.165, 1.54) is 0 Å². The molecule has 0 spiro atoms. The largest absolute Gasteiger partial charge is 0.491 e. The lowest BCUT2D eigenvalue weighted by Crippen LogP contribution is -2.16. The minimum atomic E-state index is -0.480. The molecule has 0 fully saturated rings. The number of nitrogens with one attached hydrogen (secondary N) is 1. The van der Waals surface area contributed by atoms with E-state index in [2.05, 4.69) is 5.32 Å². The van der Waals surface area contributed by atoms with Crippen LogP contribution in [0.25, 0.3) is 0 Å². The third-order valence-electron chi connectivity index (χ3n) is 2.62. The molecular formula is C15H16N2O2. The summed E-state index contributed by atoms with van der Waals surface area (Å²) in [5.41, 5.74) is 6.72. The molecule has 0 heterocycles. The third kappa shape index (κ3) is 3.74. The maximum atomic E-state index is 11.2. The Balaban J connectivity index is 1.85. The molecule has 0 aliphatic heterocycles. The highest BCUT2D eigenvalue weighted by atomic mass is 16.5. The summed E-state index contributed by atoms with van der Waals surface area (Å²) in [7, 11) is 0. The van der Waals surface area contributed by atoms with E-state index in [1.54, 1.807) is 18.2 Å². The van der Waals surface area contributed by atoms with Crippen molar-refractivity contribution in [2.24, 2.45) is 5.73 Å². The van der Waals surface area contributed by atoms with Crippen LogP contribution < -0.4 is 15.8 Å². The van der Waals surface area contributed by atoms with Gasteiger partial charge in [-0.25, -0.2) is 0 Å². The first-order valence-corrected chi connectivity index (χ1v) is 6.08. The van der Waals surface area contributed by atoms with Crippen LogP contribution in [0.15, 0.2) is 54.6 Å². The molecule has 0 radical (unpaired) electrons. The highest BCUT2D eigenvalue weighted by Crippen LogP contribution is 2.16. The Morgan fingerprint density at radius 2 is 1.74 bits per heavy atom. The second-order valence-corrected chi connectivity index (χ2v) is 4.00. The third-order valence-corrected chi connectivity index (χ3v) is 2.62. The van der Waals surface area contributed by atoms with E-state index in [1.807, 2.05) is 36.4 Å². The number of para-hydroxylation sites is 2. The van der Waals surface area contributed by atoms with Crippen LogP contribution >= 0.6 is 0 Å². The van der Waals surface area contributed by atoms with Gasteiger partial charge in [-0.15, -0.1) is 0 Å². The minimum absolute atomic E-state index is 0.405. The van der Waals surface area contributed by atoms with Crippen molar-refractivity contribution in [3.63, 3.8) is 0 Å². The predicted molar refractivity (Wildman–Crippen MR) is 75.4 cm³/mol. The molecular weight excluding hydrogens is 240 g/mol. The van der Waals surface area contributed by atoms with Gasteiger partial charge in [0, 0.05) is 12.2 Å². The summed E-state index contributed by atoms with van der Waals surface area (Å²) in [4.78, 5) is 11.2. The average Bonchev–Trinajstić information content (AvgIpc) is 2.45. The number of hydrogen-bond donors (Lipinski definition) is 2. The van der Waals surface area contributed by atoms with Crippen LogP contribution in [0.5, 0.6) is 5.75 Å². The summed E-state index contributed by atoms with van der Waals surface area (Å²) >= 11 is 0. The van der Waals surface area contributed by atoms with Gasteiger partial charge >= 0.3 is 0 Å². The second-order valence-electron chi connectivity index (χ2n) is 4.00. The van der Waals surface area contributed by atoms with Crippen molar-refractivity contribution in [1.82, 2.24) is 0 Å². The summed E-state index contributed by atoms with van der Waals surface area (Å²) < 4.78 is 5.56. The SMILES string of the molecule is NC(=O)c1ccccc1OCCNc1ccccc1. The number of carbonyl (C=O) groups is 1. The molecule has 0 saturated carbocycles. The van der Waals surface area contributed by atoms with Crippen molar-refractivity contribution >= 4 is 11.6 Å². The zero-order chi connectivity index (χ0) is 13.5. The Kier molecular flexibility index (Phi) is 4.39. The molecule has 0 aliphatic rings. The molecule has 98 valence electrons. The molecule has 2 aromatic carbocycles. The van der Waals surface area contributed by atoms with Gasteiger partial charge in [-0.05, 0) is 24.3 Å². The van der Waals surface area contributed by atoms with Gasteiger partial charge in [-0.2, -0.15) is 0 Å². The van der Waals surface area contributed by atoms with Crippen molar-refractivity contribution in [3.8, 4) is 5.75 Å². The normalized spacial score (nSPS) is 9.89. The molecule has 4 heteroatoms. The van der Waals surface area contributed by atoms with Crippen molar-refractivity contribution in [3.05, 3.63) is 60.2 Å². The Morgan fingerprint density at radius 3 is 2.47 bits per heavy atom. The van der Waals surface area contributed by atoms with E-state index in [9.17, 15) is 4.79 Å². The van der Waals surface area contributed by atoms with E-state index in [0.29, 0.717) is 24.5 Å². The van der Waals surface area contributed by atoms with Gasteiger partial charge in [-0.3, -0.25) is 4.79 Å². The van der Waals surface area contributed by atoms with E-state index in [4.69, 9.17) is 10.5 Å². The monoisotopic (exact) mass is 256 g/mol. The van der Waals surface area contributed by atoms with Gasteiger partial charge in [0.2, 0.25) is 0 Å². The molecule has 3 N–H and O–H groups in total. The molecule has 0 bridgehead atoms. The number of carbonyl (C=O) groups excluding carboxylic acids is 1. The number of rotatable bonds is 6. The summed E-state index contributed by atoms with van der Waals surface area (Å²) in [6.07, 6.45) is 0. The first-order valence-electron chi connectivity index (χ1n) is 6.08. The lowest BCUT2D eigenvalue weighted by Gasteiger charge is -2.10. The van der Waals surface area contributed by atoms with Crippen LogP contribution in [-0.4, -0.2) is 19.1 Å². The van der Waals surface area contributed by atoms with Gasteiger partial charge < -0.3 is 15.8 Å². The van der Waals surface area contributed by atoms with Gasteiger partial charge in [0.1, 0.15) is 12.4 Å². The van der Waals surface area contributed by atoms with Crippen molar-refractivity contribution in [2.75, 3.05) is 18.5 Å². The van der Waals surface area contributed by atoms with E-state index in [0.717, 1.165) is 5.69 Å². The number of hydrogen-bond acceptors (Lipinski definition) is 3. The maximum absolute atomic E-state index is 11.2. The quantitative estimate of drug-likeness (QED) is 0.779. The van der Waals surface area contributed by atoms with Gasteiger partial charge in [-0.1, -0.05) is 30.3 Å². The Bertz CT molecular complexity index is 541. The molecule has 2 aromatic rings. The number of primary amides is 1. The second kappa shape index (κ2) is 6.44. The number of nitrogens with two attached hydrogens (primary N) is 1. The van der Waals surface area contributed by atoms with Crippen LogP contribution in [0, 0.1) is 0 Å². The average molecular weight is 256 g/mol. The Hall–Kier alpha value is -2.49. The fraction of sp³-hybridized carbons (Fsp3) is 0.133. The topological polar surface area (TPSA) is 64.4 Å². The zero-order valence-electron chi connectivity index (χ0n) is 10.5. The predicted octanol–water partition coefficient (Wildman–Crippen LogP) is 2.28. The molecule has 1 amide bonds. The molecule has 0 aliphatic carbocycles. The number of benzene rings is 2. The number of anilines is 1. The smallest absolute Gasteiger partial charge is 0.252 e. The molecule has 0 atom stereocenters. The summed E-state index contributed by atoms with van der Waals surface area (Å²) in [5, 5.41) is 3.22. The van der Waals surface area contributed by atoms with Crippen LogP contribution in [0.3, 0.4) is 0 Å². The lowest BCUT2D eigenvalue weighted by atomic mass is 10.2. The fourth-order valence-electron chi connectivity index (χ4n) is 1.71. The van der Waals surface area contributed by atoms with Crippen LogP contribution in [-0.2, 0) is 0 Å². The van der Waals surface area contributed by atoms with Gasteiger partial charge in [0.15, 0.2) is 0 Å². The fourth-order valence-corrected chi connectivity index (χ4v) is 1.71. The molecule has 19 heavy (non-hydrogen) atoms. The standard InChI is InChI=1S/C15H16N2O2/c16-15(18)13-8-4-5-9-14(13)19-11-10-17-12-6-2-1-3-7-12/h1-9,17H,10-11H2,(H2,16,18).